The molecule has 0 aliphatic rings. The van der Waals surface area contributed by atoms with E-state index in [0.717, 1.165) is 31.7 Å². The van der Waals surface area contributed by atoms with Crippen LogP contribution < -0.4 is 10.1 Å². The molecule has 1 unspecified atom stereocenters. The zero-order valence-corrected chi connectivity index (χ0v) is 12.2. The van der Waals surface area contributed by atoms with Crippen molar-refractivity contribution in [1.82, 2.24) is 5.32 Å². The fourth-order valence-electron chi connectivity index (χ4n) is 1.62. The highest BCUT2D eigenvalue weighted by Gasteiger charge is 2.05. The minimum absolute atomic E-state index is 0.550. The first-order valence-electron chi connectivity index (χ1n) is 7.07. The first kappa shape index (κ1) is 15.0. The topological polar surface area (TPSA) is 21.3 Å². The first-order valence-corrected chi connectivity index (χ1v) is 7.07. The van der Waals surface area contributed by atoms with Gasteiger partial charge in [0.05, 0.1) is 6.61 Å². The molecular weight excluding hydrogens is 222 g/mol. The van der Waals surface area contributed by atoms with Crippen LogP contribution in [0.3, 0.4) is 0 Å². The second-order valence-electron chi connectivity index (χ2n) is 5.33. The number of hydrogen-bond donors (Lipinski definition) is 1. The molecule has 18 heavy (non-hydrogen) atoms. The van der Waals surface area contributed by atoms with Crippen LogP contribution in [0.5, 0.6) is 5.75 Å². The van der Waals surface area contributed by atoms with Gasteiger partial charge >= 0.3 is 0 Å². The fourth-order valence-corrected chi connectivity index (χ4v) is 1.62. The third-order valence-electron chi connectivity index (χ3n) is 3.18. The Morgan fingerprint density at radius 2 is 1.89 bits per heavy atom. The SMILES string of the molecule is CCC(C)NCc1ccccc1OCCC(C)C. The van der Waals surface area contributed by atoms with Gasteiger partial charge in [-0.2, -0.15) is 0 Å². The van der Waals surface area contributed by atoms with Crippen molar-refractivity contribution in [1.29, 1.82) is 0 Å². The summed E-state index contributed by atoms with van der Waals surface area (Å²) >= 11 is 0. The Morgan fingerprint density at radius 3 is 2.56 bits per heavy atom. The van der Waals surface area contributed by atoms with E-state index < -0.39 is 0 Å². The summed E-state index contributed by atoms with van der Waals surface area (Å²) < 4.78 is 5.87. The van der Waals surface area contributed by atoms with Gasteiger partial charge in [-0.05, 0) is 31.7 Å². The van der Waals surface area contributed by atoms with E-state index in [1.54, 1.807) is 0 Å². The molecule has 0 saturated heterocycles. The van der Waals surface area contributed by atoms with Crippen molar-refractivity contribution >= 4 is 0 Å². The monoisotopic (exact) mass is 249 g/mol. The van der Waals surface area contributed by atoms with Crippen molar-refractivity contribution in [2.45, 2.75) is 53.1 Å². The van der Waals surface area contributed by atoms with Gasteiger partial charge in [0, 0.05) is 18.2 Å². The molecule has 102 valence electrons. The molecule has 0 amide bonds. The van der Waals surface area contributed by atoms with Crippen LogP contribution >= 0.6 is 0 Å². The van der Waals surface area contributed by atoms with Crippen molar-refractivity contribution in [3.05, 3.63) is 29.8 Å². The predicted molar refractivity (Wildman–Crippen MR) is 78.0 cm³/mol. The maximum Gasteiger partial charge on any atom is 0.123 e. The lowest BCUT2D eigenvalue weighted by molar-refractivity contribution is 0.286. The molecule has 0 spiro atoms. The second-order valence-corrected chi connectivity index (χ2v) is 5.33. The van der Waals surface area contributed by atoms with Gasteiger partial charge in [0.25, 0.3) is 0 Å². The van der Waals surface area contributed by atoms with Crippen LogP contribution in [0.4, 0.5) is 0 Å². The lowest BCUT2D eigenvalue weighted by Gasteiger charge is -2.15. The van der Waals surface area contributed by atoms with Gasteiger partial charge in [0.15, 0.2) is 0 Å². The maximum absolute atomic E-state index is 5.87. The lowest BCUT2D eigenvalue weighted by atomic mass is 10.1. The van der Waals surface area contributed by atoms with Crippen LogP contribution in [-0.2, 0) is 6.54 Å². The molecule has 2 nitrogen and oxygen atoms in total. The quantitative estimate of drug-likeness (QED) is 0.752. The van der Waals surface area contributed by atoms with Crippen molar-refractivity contribution in [3.63, 3.8) is 0 Å². The minimum Gasteiger partial charge on any atom is -0.493 e. The third-order valence-corrected chi connectivity index (χ3v) is 3.18. The maximum atomic E-state index is 5.87. The van der Waals surface area contributed by atoms with Gasteiger partial charge in [0.1, 0.15) is 5.75 Å². The smallest absolute Gasteiger partial charge is 0.123 e. The molecule has 0 saturated carbocycles. The van der Waals surface area contributed by atoms with Crippen molar-refractivity contribution in [2.24, 2.45) is 5.92 Å². The van der Waals surface area contributed by atoms with E-state index in [9.17, 15) is 0 Å². The summed E-state index contributed by atoms with van der Waals surface area (Å²) in [7, 11) is 0. The molecule has 1 aromatic rings. The Kier molecular flexibility index (Phi) is 6.81. The molecule has 1 aromatic carbocycles. The molecular formula is C16H27NO. The molecule has 2 heteroatoms. The molecule has 0 heterocycles. The fraction of sp³-hybridized carbons (Fsp3) is 0.625. The number of para-hydroxylation sites is 1. The van der Waals surface area contributed by atoms with Crippen molar-refractivity contribution in [3.8, 4) is 5.75 Å². The van der Waals surface area contributed by atoms with Gasteiger partial charge in [0.2, 0.25) is 0 Å². The van der Waals surface area contributed by atoms with Gasteiger partial charge < -0.3 is 10.1 Å². The van der Waals surface area contributed by atoms with Crippen LogP contribution in [0.15, 0.2) is 24.3 Å². The zero-order valence-electron chi connectivity index (χ0n) is 12.2. The minimum atomic E-state index is 0.550. The summed E-state index contributed by atoms with van der Waals surface area (Å²) in [6.07, 6.45) is 2.25. The number of nitrogens with one attached hydrogen (secondary N) is 1. The number of ether oxygens (including phenoxy) is 1. The van der Waals surface area contributed by atoms with Crippen molar-refractivity contribution < 1.29 is 4.74 Å². The zero-order chi connectivity index (χ0) is 13.4. The van der Waals surface area contributed by atoms with Crippen LogP contribution in [0.2, 0.25) is 0 Å². The summed E-state index contributed by atoms with van der Waals surface area (Å²) in [6, 6.07) is 8.86. The van der Waals surface area contributed by atoms with E-state index in [1.807, 2.05) is 6.07 Å². The highest BCUT2D eigenvalue weighted by molar-refractivity contribution is 5.33. The molecule has 1 rings (SSSR count). The molecule has 0 aliphatic carbocycles. The van der Waals surface area contributed by atoms with E-state index in [-0.39, 0.29) is 0 Å². The highest BCUT2D eigenvalue weighted by Crippen LogP contribution is 2.18. The van der Waals surface area contributed by atoms with Crippen molar-refractivity contribution in [2.75, 3.05) is 6.61 Å². The summed E-state index contributed by atoms with van der Waals surface area (Å²) in [4.78, 5) is 0. The first-order chi connectivity index (χ1) is 8.63. The van der Waals surface area contributed by atoms with Gasteiger partial charge in [-0.3, -0.25) is 0 Å². The average Bonchev–Trinajstić information content (AvgIpc) is 2.36. The molecule has 0 fully saturated rings. The largest absolute Gasteiger partial charge is 0.493 e. The summed E-state index contributed by atoms with van der Waals surface area (Å²) in [5, 5.41) is 3.51. The molecule has 1 atom stereocenters. The van der Waals surface area contributed by atoms with Crippen LogP contribution in [-0.4, -0.2) is 12.6 Å². The Hall–Kier alpha value is -1.02. The Morgan fingerprint density at radius 1 is 1.17 bits per heavy atom. The summed E-state index contributed by atoms with van der Waals surface area (Å²) in [6.45, 7) is 10.5. The molecule has 1 N–H and O–H groups in total. The third kappa shape index (κ3) is 5.54. The van der Waals surface area contributed by atoms with E-state index in [1.165, 1.54) is 5.56 Å². The lowest BCUT2D eigenvalue weighted by Crippen LogP contribution is -2.24. The summed E-state index contributed by atoms with van der Waals surface area (Å²) in [5.41, 5.74) is 1.25. The standard InChI is InChI=1S/C16H27NO/c1-5-14(4)17-12-15-8-6-7-9-16(15)18-11-10-13(2)3/h6-9,13-14,17H,5,10-12H2,1-4H3. The van der Waals surface area contributed by atoms with Gasteiger partial charge in [-0.1, -0.05) is 39.0 Å². The van der Waals surface area contributed by atoms with Gasteiger partial charge in [-0.15, -0.1) is 0 Å². The van der Waals surface area contributed by atoms with E-state index in [4.69, 9.17) is 4.74 Å². The number of hydrogen-bond acceptors (Lipinski definition) is 2. The molecule has 0 aromatic heterocycles. The highest BCUT2D eigenvalue weighted by atomic mass is 16.5. The Labute approximate surface area is 112 Å². The second kappa shape index (κ2) is 8.15. The predicted octanol–water partition coefficient (Wildman–Crippen LogP) is 4.00. The number of benzene rings is 1. The van der Waals surface area contributed by atoms with Crippen LogP contribution in [0.1, 0.15) is 46.1 Å². The van der Waals surface area contributed by atoms with E-state index in [2.05, 4.69) is 51.2 Å². The normalized spacial score (nSPS) is 12.7. The molecule has 0 radical (unpaired) electrons. The van der Waals surface area contributed by atoms with E-state index >= 15 is 0 Å². The Bertz CT molecular complexity index is 336. The summed E-state index contributed by atoms with van der Waals surface area (Å²) in [5.74, 6) is 1.71. The molecule has 0 aliphatic heterocycles. The van der Waals surface area contributed by atoms with Crippen LogP contribution in [0, 0.1) is 5.92 Å². The number of rotatable bonds is 8. The Balaban J connectivity index is 2.50. The molecule has 0 bridgehead atoms. The van der Waals surface area contributed by atoms with Crippen LogP contribution in [0.25, 0.3) is 0 Å². The van der Waals surface area contributed by atoms with E-state index in [0.29, 0.717) is 12.0 Å². The van der Waals surface area contributed by atoms with Gasteiger partial charge in [-0.25, -0.2) is 0 Å². The average molecular weight is 249 g/mol.